The molecule has 0 N–H and O–H groups in total. The van der Waals surface area contributed by atoms with Crippen LogP contribution in [-0.4, -0.2) is 41.9 Å². The van der Waals surface area contributed by atoms with Crippen LogP contribution in [-0.2, 0) is 11.3 Å². The molecular weight excluding hydrogens is 379 g/mol. The first-order valence-electron chi connectivity index (χ1n) is 9.62. The van der Waals surface area contributed by atoms with Crippen LogP contribution in [0.4, 0.5) is 0 Å². The maximum absolute atomic E-state index is 13.0. The topological polar surface area (TPSA) is 23.6 Å². The first kappa shape index (κ1) is 18.8. The molecule has 27 heavy (non-hydrogen) atoms. The normalized spacial score (nSPS) is 23.1. The number of carbonyl (C=O) groups is 1. The molecule has 1 saturated carbocycles. The van der Waals surface area contributed by atoms with E-state index < -0.39 is 0 Å². The van der Waals surface area contributed by atoms with Gasteiger partial charge in [0, 0.05) is 48.7 Å². The molecule has 1 aliphatic carbocycles. The van der Waals surface area contributed by atoms with Crippen LogP contribution in [0.1, 0.15) is 29.9 Å². The third-order valence-electron chi connectivity index (χ3n) is 5.63. The number of carbonyl (C=O) groups excluding carboxylic acids is 1. The number of halogens is 2. The van der Waals surface area contributed by atoms with Crippen LogP contribution in [0.5, 0.6) is 0 Å². The Bertz CT molecular complexity index is 808. The molecule has 1 amide bonds. The summed E-state index contributed by atoms with van der Waals surface area (Å²) < 4.78 is 0. The van der Waals surface area contributed by atoms with Gasteiger partial charge in [0.1, 0.15) is 0 Å². The summed E-state index contributed by atoms with van der Waals surface area (Å²) in [6.45, 7) is 4.49. The maximum Gasteiger partial charge on any atom is 0.226 e. The van der Waals surface area contributed by atoms with Gasteiger partial charge in [-0.25, -0.2) is 0 Å². The summed E-state index contributed by atoms with van der Waals surface area (Å²) in [4.78, 5) is 17.4. The molecule has 0 bridgehead atoms. The molecule has 1 aliphatic heterocycles. The lowest BCUT2D eigenvalue weighted by atomic mass is 10.1. The third-order valence-corrected chi connectivity index (χ3v) is 6.23. The molecule has 2 fully saturated rings. The van der Waals surface area contributed by atoms with Gasteiger partial charge in [-0.1, -0.05) is 53.5 Å². The zero-order valence-electron chi connectivity index (χ0n) is 15.3. The van der Waals surface area contributed by atoms with Crippen LogP contribution >= 0.6 is 23.2 Å². The fraction of sp³-hybridized carbons (Fsp3) is 0.409. The third kappa shape index (κ3) is 4.48. The zero-order chi connectivity index (χ0) is 18.8. The molecule has 5 heteroatoms. The first-order valence-corrected chi connectivity index (χ1v) is 10.4. The number of nitrogens with zero attached hydrogens (tertiary/aromatic N) is 2. The van der Waals surface area contributed by atoms with E-state index in [9.17, 15) is 4.79 Å². The van der Waals surface area contributed by atoms with Gasteiger partial charge in [0.2, 0.25) is 5.91 Å². The average molecular weight is 403 g/mol. The van der Waals surface area contributed by atoms with Gasteiger partial charge in [-0.15, -0.1) is 0 Å². The van der Waals surface area contributed by atoms with E-state index in [0.717, 1.165) is 61.2 Å². The van der Waals surface area contributed by atoms with Crippen molar-refractivity contribution in [2.45, 2.75) is 25.3 Å². The lowest BCUT2D eigenvalue weighted by Crippen LogP contribution is -2.36. The molecule has 1 heterocycles. The molecule has 142 valence electrons. The van der Waals surface area contributed by atoms with Crippen molar-refractivity contribution in [2.75, 3.05) is 26.2 Å². The monoisotopic (exact) mass is 402 g/mol. The maximum atomic E-state index is 13.0. The first-order chi connectivity index (χ1) is 13.1. The lowest BCUT2D eigenvalue weighted by molar-refractivity contribution is -0.132. The molecule has 1 saturated heterocycles. The van der Waals surface area contributed by atoms with Crippen LogP contribution in [0.3, 0.4) is 0 Å². The summed E-state index contributed by atoms with van der Waals surface area (Å²) in [7, 11) is 0. The van der Waals surface area contributed by atoms with E-state index in [-0.39, 0.29) is 5.92 Å². The standard InChI is InChI=1S/C22H24Cl2N2O/c23-17-8-6-16(7-9-17)15-25-10-3-11-26(13-12-25)22(27)20-14-19(20)18-4-1-2-5-21(18)24/h1-2,4-9,19-20H,3,10-15H2. The average Bonchev–Trinajstić information content (AvgIpc) is 3.48. The molecule has 3 nitrogen and oxygen atoms in total. The summed E-state index contributed by atoms with van der Waals surface area (Å²) in [5.41, 5.74) is 2.39. The van der Waals surface area contributed by atoms with E-state index >= 15 is 0 Å². The van der Waals surface area contributed by atoms with Crippen LogP contribution in [0.2, 0.25) is 10.0 Å². The van der Waals surface area contributed by atoms with Crippen molar-refractivity contribution >= 4 is 29.1 Å². The molecule has 0 radical (unpaired) electrons. The highest BCUT2D eigenvalue weighted by Gasteiger charge is 2.46. The molecule has 2 aromatic carbocycles. The van der Waals surface area contributed by atoms with Gasteiger partial charge in [-0.2, -0.15) is 0 Å². The van der Waals surface area contributed by atoms with Crippen molar-refractivity contribution in [1.82, 2.24) is 9.80 Å². The van der Waals surface area contributed by atoms with Gasteiger partial charge in [-0.3, -0.25) is 9.69 Å². The van der Waals surface area contributed by atoms with E-state index in [1.165, 1.54) is 5.56 Å². The van der Waals surface area contributed by atoms with Crippen molar-refractivity contribution in [3.8, 4) is 0 Å². The second-order valence-electron chi connectivity index (χ2n) is 7.55. The Labute approximate surface area is 170 Å². The summed E-state index contributed by atoms with van der Waals surface area (Å²) in [6.07, 6.45) is 1.94. The number of rotatable bonds is 4. The van der Waals surface area contributed by atoms with Crippen LogP contribution in [0, 0.1) is 5.92 Å². The second kappa shape index (κ2) is 8.22. The van der Waals surface area contributed by atoms with Gasteiger partial charge in [-0.05, 0) is 48.1 Å². The molecule has 4 rings (SSSR count). The van der Waals surface area contributed by atoms with Crippen molar-refractivity contribution < 1.29 is 4.79 Å². The fourth-order valence-corrected chi connectivity index (χ4v) is 4.42. The number of hydrogen-bond acceptors (Lipinski definition) is 2. The van der Waals surface area contributed by atoms with Gasteiger partial charge in [0.05, 0.1) is 0 Å². The Balaban J connectivity index is 1.32. The Hall–Kier alpha value is -1.55. The molecule has 0 spiro atoms. The van der Waals surface area contributed by atoms with Crippen molar-refractivity contribution in [3.05, 3.63) is 69.7 Å². The van der Waals surface area contributed by atoms with Crippen molar-refractivity contribution in [3.63, 3.8) is 0 Å². The van der Waals surface area contributed by atoms with Crippen LogP contribution in [0.25, 0.3) is 0 Å². The quantitative estimate of drug-likeness (QED) is 0.730. The summed E-state index contributed by atoms with van der Waals surface area (Å²) in [5, 5.41) is 1.55. The van der Waals surface area contributed by atoms with E-state index in [4.69, 9.17) is 23.2 Å². The minimum absolute atomic E-state index is 0.104. The van der Waals surface area contributed by atoms with Gasteiger partial charge >= 0.3 is 0 Å². The number of amides is 1. The summed E-state index contributed by atoms with van der Waals surface area (Å²) in [6, 6.07) is 15.9. The largest absolute Gasteiger partial charge is 0.341 e. The summed E-state index contributed by atoms with van der Waals surface area (Å²) in [5.74, 6) is 0.695. The Morgan fingerprint density at radius 1 is 0.963 bits per heavy atom. The molecular formula is C22H24Cl2N2O. The molecule has 2 unspecified atom stereocenters. The molecule has 2 atom stereocenters. The van der Waals surface area contributed by atoms with E-state index in [1.54, 1.807) is 0 Å². The summed E-state index contributed by atoms with van der Waals surface area (Å²) >= 11 is 12.3. The zero-order valence-corrected chi connectivity index (χ0v) is 16.8. The predicted octanol–water partition coefficient (Wildman–Crippen LogP) is 4.83. The van der Waals surface area contributed by atoms with E-state index in [0.29, 0.717) is 11.8 Å². The molecule has 2 aliphatic rings. The predicted molar refractivity (Wildman–Crippen MR) is 110 cm³/mol. The van der Waals surface area contributed by atoms with Gasteiger partial charge in [0.25, 0.3) is 0 Å². The SMILES string of the molecule is O=C(C1CC1c1ccccc1Cl)N1CCCN(Cc2ccc(Cl)cc2)CC1. The smallest absolute Gasteiger partial charge is 0.226 e. The molecule has 2 aromatic rings. The minimum atomic E-state index is 0.104. The van der Waals surface area contributed by atoms with E-state index in [1.807, 2.05) is 30.3 Å². The van der Waals surface area contributed by atoms with Crippen molar-refractivity contribution in [1.29, 1.82) is 0 Å². The Kier molecular flexibility index (Phi) is 5.72. The van der Waals surface area contributed by atoms with Crippen molar-refractivity contribution in [2.24, 2.45) is 5.92 Å². The van der Waals surface area contributed by atoms with Gasteiger partial charge < -0.3 is 4.90 Å². The highest BCUT2D eigenvalue weighted by atomic mass is 35.5. The van der Waals surface area contributed by atoms with Gasteiger partial charge in [0.15, 0.2) is 0 Å². The van der Waals surface area contributed by atoms with E-state index in [2.05, 4.69) is 28.0 Å². The van der Waals surface area contributed by atoms with Crippen LogP contribution < -0.4 is 0 Å². The Morgan fingerprint density at radius 2 is 1.74 bits per heavy atom. The second-order valence-corrected chi connectivity index (χ2v) is 8.40. The Morgan fingerprint density at radius 3 is 2.52 bits per heavy atom. The molecule has 0 aromatic heterocycles. The highest BCUT2D eigenvalue weighted by molar-refractivity contribution is 6.31. The highest BCUT2D eigenvalue weighted by Crippen LogP contribution is 2.50. The number of benzene rings is 2. The minimum Gasteiger partial charge on any atom is -0.341 e. The number of hydrogen-bond donors (Lipinski definition) is 0. The van der Waals surface area contributed by atoms with Crippen LogP contribution in [0.15, 0.2) is 48.5 Å². The fourth-order valence-electron chi connectivity index (χ4n) is 4.02. The lowest BCUT2D eigenvalue weighted by Gasteiger charge is -2.22.